The first-order chi connectivity index (χ1) is 12.8. The molecule has 0 bridgehead atoms. The van der Waals surface area contributed by atoms with Crippen molar-refractivity contribution in [3.05, 3.63) is 53.6 Å². The van der Waals surface area contributed by atoms with Gasteiger partial charge in [-0.1, -0.05) is 19.1 Å². The molecule has 2 rings (SSSR count). The second kappa shape index (κ2) is 8.90. The van der Waals surface area contributed by atoms with Crippen LogP contribution in [0, 0.1) is 13.8 Å². The zero-order valence-electron chi connectivity index (χ0n) is 16.2. The molecule has 2 aromatic rings. The molecule has 146 valence electrons. The van der Waals surface area contributed by atoms with Crippen LogP contribution in [0.25, 0.3) is 0 Å². The van der Waals surface area contributed by atoms with Gasteiger partial charge in [-0.15, -0.1) is 0 Å². The van der Waals surface area contributed by atoms with E-state index in [1.165, 1.54) is 7.11 Å². The number of hydrogen-bond acceptors (Lipinski definition) is 4. The first-order valence-electron chi connectivity index (χ1n) is 8.80. The van der Waals surface area contributed by atoms with E-state index in [-0.39, 0.29) is 17.3 Å². The molecule has 0 aliphatic heterocycles. The Morgan fingerprint density at radius 2 is 1.78 bits per heavy atom. The fourth-order valence-electron chi connectivity index (χ4n) is 2.62. The Balaban J connectivity index is 2.49. The molecule has 2 aromatic carbocycles. The van der Waals surface area contributed by atoms with Crippen LogP contribution in [0.3, 0.4) is 0 Å². The van der Waals surface area contributed by atoms with E-state index in [2.05, 4.69) is 5.32 Å². The van der Waals surface area contributed by atoms with Crippen LogP contribution in [0.1, 0.15) is 24.5 Å². The lowest BCUT2D eigenvalue weighted by atomic mass is 10.2. The molecule has 0 saturated heterocycles. The van der Waals surface area contributed by atoms with Crippen LogP contribution >= 0.6 is 0 Å². The highest BCUT2D eigenvalue weighted by molar-refractivity contribution is 7.93. The van der Waals surface area contributed by atoms with Gasteiger partial charge in [0.25, 0.3) is 10.0 Å². The van der Waals surface area contributed by atoms with Crippen LogP contribution in [0.5, 0.6) is 5.75 Å². The normalized spacial score (nSPS) is 11.1. The Bertz CT molecular complexity index is 893. The quantitative estimate of drug-likeness (QED) is 0.752. The van der Waals surface area contributed by atoms with Crippen molar-refractivity contribution in [2.24, 2.45) is 0 Å². The van der Waals surface area contributed by atoms with Crippen molar-refractivity contribution in [2.45, 2.75) is 32.1 Å². The third-order valence-electron chi connectivity index (χ3n) is 4.13. The third kappa shape index (κ3) is 5.01. The van der Waals surface area contributed by atoms with E-state index in [1.807, 2.05) is 19.9 Å². The monoisotopic (exact) mass is 390 g/mol. The number of rotatable bonds is 8. The summed E-state index contributed by atoms with van der Waals surface area (Å²) in [6.07, 6.45) is 0.776. The smallest absolute Gasteiger partial charge is 0.265 e. The maximum Gasteiger partial charge on any atom is 0.265 e. The Hall–Kier alpha value is -2.54. The van der Waals surface area contributed by atoms with Crippen molar-refractivity contribution in [2.75, 3.05) is 24.5 Å². The highest BCUT2D eigenvalue weighted by Gasteiger charge is 2.28. The van der Waals surface area contributed by atoms with E-state index in [0.29, 0.717) is 23.5 Å². The molecule has 7 heteroatoms. The highest BCUT2D eigenvalue weighted by atomic mass is 32.2. The second-order valence-corrected chi connectivity index (χ2v) is 8.16. The van der Waals surface area contributed by atoms with Gasteiger partial charge in [-0.3, -0.25) is 9.10 Å². The lowest BCUT2D eigenvalue weighted by Crippen LogP contribution is -2.41. The minimum atomic E-state index is -3.92. The van der Waals surface area contributed by atoms with Crippen molar-refractivity contribution in [3.63, 3.8) is 0 Å². The third-order valence-corrected chi connectivity index (χ3v) is 6.05. The molecule has 0 aromatic heterocycles. The molecule has 1 amide bonds. The number of carbonyl (C=O) groups is 1. The van der Waals surface area contributed by atoms with Gasteiger partial charge < -0.3 is 10.1 Å². The Labute approximate surface area is 161 Å². The van der Waals surface area contributed by atoms with Crippen LogP contribution in [0.15, 0.2) is 47.4 Å². The molecule has 0 aliphatic rings. The zero-order valence-corrected chi connectivity index (χ0v) is 17.0. The molecular weight excluding hydrogens is 364 g/mol. The summed E-state index contributed by atoms with van der Waals surface area (Å²) in [6.45, 7) is 5.73. The number of aryl methyl sites for hydroxylation is 2. The van der Waals surface area contributed by atoms with Gasteiger partial charge in [0.2, 0.25) is 5.91 Å². The van der Waals surface area contributed by atoms with Gasteiger partial charge in [0.1, 0.15) is 12.3 Å². The Kier molecular flexibility index (Phi) is 6.85. The van der Waals surface area contributed by atoms with E-state index in [9.17, 15) is 13.2 Å². The van der Waals surface area contributed by atoms with Crippen molar-refractivity contribution in [3.8, 4) is 5.75 Å². The average molecular weight is 391 g/mol. The second-order valence-electron chi connectivity index (χ2n) is 6.33. The highest BCUT2D eigenvalue weighted by Crippen LogP contribution is 2.27. The van der Waals surface area contributed by atoms with Crippen LogP contribution in [-0.2, 0) is 14.8 Å². The van der Waals surface area contributed by atoms with E-state index in [4.69, 9.17) is 4.74 Å². The van der Waals surface area contributed by atoms with Gasteiger partial charge in [-0.2, -0.15) is 0 Å². The van der Waals surface area contributed by atoms with Gasteiger partial charge in [0.15, 0.2) is 0 Å². The van der Waals surface area contributed by atoms with Crippen LogP contribution in [0.2, 0.25) is 0 Å². The van der Waals surface area contributed by atoms with Gasteiger partial charge in [-0.25, -0.2) is 8.42 Å². The molecule has 0 spiro atoms. The molecule has 6 nitrogen and oxygen atoms in total. The summed E-state index contributed by atoms with van der Waals surface area (Å²) < 4.78 is 33.0. The average Bonchev–Trinajstić information content (AvgIpc) is 2.66. The molecule has 0 radical (unpaired) electrons. The number of methoxy groups -OCH3 is 1. The van der Waals surface area contributed by atoms with Crippen molar-refractivity contribution < 1.29 is 17.9 Å². The molecule has 0 aliphatic carbocycles. The number of hydrogen-bond donors (Lipinski definition) is 1. The van der Waals surface area contributed by atoms with E-state index >= 15 is 0 Å². The van der Waals surface area contributed by atoms with Crippen LogP contribution < -0.4 is 14.4 Å². The number of benzene rings is 2. The first-order valence-corrected chi connectivity index (χ1v) is 10.2. The minimum absolute atomic E-state index is 0.196. The first kappa shape index (κ1) is 20.8. The lowest BCUT2D eigenvalue weighted by Gasteiger charge is -2.25. The largest absolute Gasteiger partial charge is 0.497 e. The maximum atomic E-state index is 13.4. The topological polar surface area (TPSA) is 75.7 Å². The fraction of sp³-hybridized carbons (Fsp3) is 0.350. The standard InChI is InChI=1S/C20H26N2O4S/c1-5-12-21-20(23)14-22(17-8-10-18(26-4)11-9-17)27(24,25)19-13-15(2)6-7-16(19)3/h6-11,13H,5,12,14H2,1-4H3,(H,21,23). The van der Waals surface area contributed by atoms with Crippen molar-refractivity contribution in [1.29, 1.82) is 0 Å². The maximum absolute atomic E-state index is 13.4. The molecule has 0 saturated carbocycles. The van der Waals surface area contributed by atoms with E-state index < -0.39 is 10.0 Å². The summed E-state index contributed by atoms with van der Waals surface area (Å²) in [5.74, 6) is 0.264. The predicted octanol–water partition coefficient (Wildman–Crippen LogP) is 3.03. The number of ether oxygens (including phenoxy) is 1. The number of anilines is 1. The summed E-state index contributed by atoms with van der Waals surface area (Å²) in [6, 6.07) is 11.9. The van der Waals surface area contributed by atoms with Crippen LogP contribution in [-0.4, -0.2) is 34.5 Å². The van der Waals surface area contributed by atoms with Crippen molar-refractivity contribution in [1.82, 2.24) is 5.32 Å². The van der Waals surface area contributed by atoms with Gasteiger partial charge in [-0.05, 0) is 61.7 Å². The number of sulfonamides is 1. The summed E-state index contributed by atoms with van der Waals surface area (Å²) in [5, 5.41) is 2.73. The predicted molar refractivity (Wildman–Crippen MR) is 107 cm³/mol. The molecule has 27 heavy (non-hydrogen) atoms. The van der Waals surface area contributed by atoms with E-state index in [1.54, 1.807) is 43.3 Å². The summed E-state index contributed by atoms with van der Waals surface area (Å²) >= 11 is 0. The minimum Gasteiger partial charge on any atom is -0.497 e. The Morgan fingerprint density at radius 1 is 1.11 bits per heavy atom. The van der Waals surface area contributed by atoms with Crippen LogP contribution in [0.4, 0.5) is 5.69 Å². The number of carbonyl (C=O) groups excluding carboxylic acids is 1. The molecular formula is C20H26N2O4S. The van der Waals surface area contributed by atoms with Gasteiger partial charge in [0.05, 0.1) is 17.7 Å². The van der Waals surface area contributed by atoms with E-state index in [0.717, 1.165) is 16.3 Å². The summed E-state index contributed by atoms with van der Waals surface area (Å²) in [5.41, 5.74) is 1.88. The fourth-order valence-corrected chi connectivity index (χ4v) is 4.35. The Morgan fingerprint density at radius 3 is 2.37 bits per heavy atom. The summed E-state index contributed by atoms with van der Waals surface area (Å²) in [4.78, 5) is 12.5. The van der Waals surface area contributed by atoms with Gasteiger partial charge in [0, 0.05) is 6.54 Å². The molecule has 1 N–H and O–H groups in total. The molecule has 0 atom stereocenters. The number of amides is 1. The molecule has 0 unspecified atom stereocenters. The molecule has 0 fully saturated rings. The molecule has 0 heterocycles. The number of nitrogens with zero attached hydrogens (tertiary/aromatic N) is 1. The SMILES string of the molecule is CCCNC(=O)CN(c1ccc(OC)cc1)S(=O)(=O)c1cc(C)ccc1C. The zero-order chi connectivity index (χ0) is 20.0. The van der Waals surface area contributed by atoms with Crippen molar-refractivity contribution >= 4 is 21.6 Å². The number of nitrogens with one attached hydrogen (secondary N) is 1. The summed E-state index contributed by atoms with van der Waals surface area (Å²) in [7, 11) is -2.38. The lowest BCUT2D eigenvalue weighted by molar-refractivity contribution is -0.119. The van der Waals surface area contributed by atoms with Gasteiger partial charge >= 0.3 is 0 Å².